The van der Waals surface area contributed by atoms with Gasteiger partial charge in [-0.25, -0.2) is 4.79 Å². The van der Waals surface area contributed by atoms with Crippen molar-refractivity contribution < 1.29 is 27.4 Å². The molecule has 0 heterocycles. The molecule has 1 aromatic rings. The molecule has 0 radical (unpaired) electrons. The summed E-state index contributed by atoms with van der Waals surface area (Å²) in [5.41, 5.74) is -1.03. The van der Waals surface area contributed by atoms with Gasteiger partial charge in [0.1, 0.15) is 11.4 Å². The van der Waals surface area contributed by atoms with Gasteiger partial charge in [-0.1, -0.05) is 0 Å². The number of anilines is 1. The molecule has 0 amide bonds. The van der Waals surface area contributed by atoms with Gasteiger partial charge < -0.3 is 14.8 Å². The molecule has 0 spiro atoms. The molecular weight excluding hydrogens is 263 g/mol. The topological polar surface area (TPSA) is 47.6 Å². The summed E-state index contributed by atoms with van der Waals surface area (Å²) in [4.78, 5) is 10.9. The average molecular weight is 275 g/mol. The zero-order chi connectivity index (χ0) is 14.5. The first-order valence-electron chi connectivity index (χ1n) is 5.14. The molecule has 1 rings (SSSR count). The van der Waals surface area contributed by atoms with Gasteiger partial charge >= 0.3 is 12.1 Å². The van der Waals surface area contributed by atoms with E-state index in [4.69, 9.17) is 4.74 Å². The van der Waals surface area contributed by atoms with E-state index in [2.05, 4.69) is 10.1 Å². The van der Waals surface area contributed by atoms with E-state index in [-0.39, 0.29) is 5.69 Å². The number of carbonyl (C=O) groups excluding carboxylic acids is 1. The Balaban J connectivity index is 2.94. The van der Waals surface area contributed by atoms with E-state index in [0.29, 0.717) is 11.8 Å². The highest BCUT2D eigenvalue weighted by Gasteiger charge is 2.34. The maximum Gasteiger partial charge on any atom is 0.431 e. The van der Waals surface area contributed by atoms with Crippen LogP contribution in [0.1, 0.15) is 0 Å². The van der Waals surface area contributed by atoms with Gasteiger partial charge in [-0.3, -0.25) is 0 Å². The molecule has 0 aliphatic carbocycles. The first kappa shape index (κ1) is 14.9. The van der Waals surface area contributed by atoms with Crippen LogP contribution in [-0.4, -0.2) is 26.4 Å². The minimum atomic E-state index is -4.69. The highest BCUT2D eigenvalue weighted by molar-refractivity contribution is 5.83. The van der Waals surface area contributed by atoms with E-state index < -0.39 is 17.8 Å². The Morgan fingerprint density at radius 2 is 1.79 bits per heavy atom. The monoisotopic (exact) mass is 275 g/mol. The summed E-state index contributed by atoms with van der Waals surface area (Å²) >= 11 is 0. The number of halogens is 3. The zero-order valence-electron chi connectivity index (χ0n) is 10.2. The minimum absolute atomic E-state index is 0.174. The second-order valence-electron chi connectivity index (χ2n) is 3.43. The fraction of sp³-hybridized carbons (Fsp3) is 0.250. The minimum Gasteiger partial charge on any atom is -0.497 e. The number of allylic oxidation sites excluding steroid dienone is 1. The summed E-state index contributed by atoms with van der Waals surface area (Å²) in [7, 11) is 2.45. The molecular formula is C12H12F3NO3. The molecule has 104 valence electrons. The molecule has 0 saturated heterocycles. The van der Waals surface area contributed by atoms with Crippen LogP contribution >= 0.6 is 0 Å². The number of benzene rings is 1. The van der Waals surface area contributed by atoms with Gasteiger partial charge in [0.25, 0.3) is 0 Å². The molecule has 4 nitrogen and oxygen atoms in total. The molecule has 0 bridgehead atoms. The maximum absolute atomic E-state index is 12.7. The maximum atomic E-state index is 12.7. The summed E-state index contributed by atoms with van der Waals surface area (Å²) in [6.45, 7) is 0. The van der Waals surface area contributed by atoms with Crippen LogP contribution in [0.4, 0.5) is 18.9 Å². The Bertz CT molecular complexity index is 466. The predicted octanol–water partition coefficient (Wildman–Crippen LogP) is 2.73. The molecule has 7 heteroatoms. The molecule has 19 heavy (non-hydrogen) atoms. The third kappa shape index (κ3) is 4.53. The van der Waals surface area contributed by atoms with E-state index >= 15 is 0 Å². The fourth-order valence-electron chi connectivity index (χ4n) is 1.20. The van der Waals surface area contributed by atoms with Crippen molar-refractivity contribution in [1.82, 2.24) is 0 Å². The summed E-state index contributed by atoms with van der Waals surface area (Å²) in [5, 5.41) is 2.12. The van der Waals surface area contributed by atoms with Crippen LogP contribution in [0.2, 0.25) is 0 Å². The normalized spacial score (nSPS) is 11.9. The van der Waals surface area contributed by atoms with Gasteiger partial charge in [0.2, 0.25) is 0 Å². The quantitative estimate of drug-likeness (QED) is 0.678. The SMILES string of the molecule is COC(=O)/C=C(\Nc1ccc(OC)cc1)C(F)(F)F. The van der Waals surface area contributed by atoms with Crippen molar-refractivity contribution in [3.8, 4) is 5.75 Å². The van der Waals surface area contributed by atoms with E-state index in [1.165, 1.54) is 31.4 Å². The molecule has 1 aromatic carbocycles. The molecule has 0 fully saturated rings. The summed E-state index contributed by atoms with van der Waals surface area (Å²) in [5.74, 6) is -0.579. The smallest absolute Gasteiger partial charge is 0.431 e. The van der Waals surface area contributed by atoms with Gasteiger partial charge in [0, 0.05) is 5.69 Å². The van der Waals surface area contributed by atoms with Crippen LogP contribution in [0.3, 0.4) is 0 Å². The largest absolute Gasteiger partial charge is 0.497 e. The Morgan fingerprint density at radius 1 is 1.21 bits per heavy atom. The Hall–Kier alpha value is -2.18. The molecule has 0 aliphatic heterocycles. The lowest BCUT2D eigenvalue weighted by Gasteiger charge is -2.14. The molecule has 0 saturated carbocycles. The van der Waals surface area contributed by atoms with Crippen molar-refractivity contribution in [2.45, 2.75) is 6.18 Å². The first-order chi connectivity index (χ1) is 8.86. The van der Waals surface area contributed by atoms with Crippen LogP contribution in [0.15, 0.2) is 36.0 Å². The summed E-state index contributed by atoms with van der Waals surface area (Å²) < 4.78 is 47.1. The molecule has 0 unspecified atom stereocenters. The van der Waals surface area contributed by atoms with Crippen molar-refractivity contribution in [3.63, 3.8) is 0 Å². The van der Waals surface area contributed by atoms with E-state index in [1.54, 1.807) is 0 Å². The van der Waals surface area contributed by atoms with Crippen LogP contribution < -0.4 is 10.1 Å². The molecule has 0 atom stereocenters. The van der Waals surface area contributed by atoms with E-state index in [9.17, 15) is 18.0 Å². The number of rotatable bonds is 4. The van der Waals surface area contributed by atoms with Crippen LogP contribution in [0.5, 0.6) is 5.75 Å². The second kappa shape index (κ2) is 6.12. The first-order valence-corrected chi connectivity index (χ1v) is 5.14. The Morgan fingerprint density at radius 3 is 2.21 bits per heavy atom. The standard InChI is InChI=1S/C12H12F3NO3/c1-18-9-5-3-8(4-6-9)16-10(12(13,14)15)7-11(17)19-2/h3-7,16H,1-2H3/b10-7-. The molecule has 0 aliphatic rings. The number of ether oxygens (including phenoxy) is 2. The van der Waals surface area contributed by atoms with Crippen LogP contribution in [-0.2, 0) is 9.53 Å². The number of hydrogen-bond donors (Lipinski definition) is 1. The summed E-state index contributed by atoms with van der Waals surface area (Å²) in [6, 6.07) is 5.79. The lowest BCUT2D eigenvalue weighted by atomic mass is 10.2. The highest BCUT2D eigenvalue weighted by Crippen LogP contribution is 2.27. The van der Waals surface area contributed by atoms with Gasteiger partial charge in [-0.2, -0.15) is 13.2 Å². The number of alkyl halides is 3. The lowest BCUT2D eigenvalue weighted by Crippen LogP contribution is -2.20. The zero-order valence-corrected chi connectivity index (χ0v) is 10.2. The molecule has 1 N–H and O–H groups in total. The van der Waals surface area contributed by atoms with Gasteiger partial charge in [-0.15, -0.1) is 0 Å². The average Bonchev–Trinajstić information content (AvgIpc) is 2.37. The van der Waals surface area contributed by atoms with Crippen molar-refractivity contribution in [3.05, 3.63) is 36.0 Å². The summed E-state index contributed by atoms with van der Waals surface area (Å²) in [6.07, 6.45) is -4.33. The second-order valence-corrected chi connectivity index (χ2v) is 3.43. The van der Waals surface area contributed by atoms with Crippen molar-refractivity contribution in [2.75, 3.05) is 19.5 Å². The number of nitrogens with one attached hydrogen (secondary N) is 1. The number of carbonyl (C=O) groups is 1. The van der Waals surface area contributed by atoms with Gasteiger partial charge in [-0.05, 0) is 24.3 Å². The Labute approximate surface area is 107 Å². The van der Waals surface area contributed by atoms with Gasteiger partial charge in [0.15, 0.2) is 0 Å². The third-order valence-electron chi connectivity index (χ3n) is 2.14. The van der Waals surface area contributed by atoms with Crippen LogP contribution in [0.25, 0.3) is 0 Å². The number of methoxy groups -OCH3 is 2. The third-order valence-corrected chi connectivity index (χ3v) is 2.14. The Kier molecular flexibility index (Phi) is 4.80. The van der Waals surface area contributed by atoms with Crippen molar-refractivity contribution >= 4 is 11.7 Å². The highest BCUT2D eigenvalue weighted by atomic mass is 19.4. The van der Waals surface area contributed by atoms with E-state index in [1.807, 2.05) is 0 Å². The van der Waals surface area contributed by atoms with E-state index in [0.717, 1.165) is 7.11 Å². The lowest BCUT2D eigenvalue weighted by molar-refractivity contribution is -0.135. The number of esters is 1. The van der Waals surface area contributed by atoms with Gasteiger partial charge in [0.05, 0.1) is 20.3 Å². The van der Waals surface area contributed by atoms with Crippen LogP contribution in [0, 0.1) is 0 Å². The predicted molar refractivity (Wildman–Crippen MR) is 62.8 cm³/mol. The fourth-order valence-corrected chi connectivity index (χ4v) is 1.20. The van der Waals surface area contributed by atoms with Crippen molar-refractivity contribution in [2.24, 2.45) is 0 Å². The van der Waals surface area contributed by atoms with Crippen molar-refractivity contribution in [1.29, 1.82) is 0 Å². The molecule has 0 aromatic heterocycles. The number of hydrogen-bond acceptors (Lipinski definition) is 4.